The minimum atomic E-state index is -0.166. The van der Waals surface area contributed by atoms with Crippen LogP contribution in [0.5, 0.6) is 0 Å². The number of nitrogens with two attached hydrogens (primary N) is 1. The van der Waals surface area contributed by atoms with Crippen molar-refractivity contribution in [3.05, 3.63) is 49.9 Å². The summed E-state index contributed by atoms with van der Waals surface area (Å²) >= 11 is 13.3. The molecule has 2 rings (SSSR count). The second-order valence-corrected chi connectivity index (χ2v) is 6.39. The smallest absolute Gasteiger partial charge is 0.0992 e. The zero-order chi connectivity index (χ0) is 13.1. The van der Waals surface area contributed by atoms with Crippen molar-refractivity contribution in [2.45, 2.75) is 25.8 Å². The molecule has 0 saturated carbocycles. The van der Waals surface area contributed by atoms with E-state index in [0.29, 0.717) is 15.1 Å². The first kappa shape index (κ1) is 13.8. The van der Waals surface area contributed by atoms with Crippen molar-refractivity contribution in [2.24, 2.45) is 5.73 Å². The Hall–Kier alpha value is -0.610. The molecular weight excluding hydrogens is 287 g/mol. The molecular formula is C13H14Cl2N2S. The molecule has 0 aliphatic carbocycles. The molecule has 0 aliphatic rings. The zero-order valence-corrected chi connectivity index (χ0v) is 12.3. The molecule has 0 saturated heterocycles. The van der Waals surface area contributed by atoms with Crippen molar-refractivity contribution in [3.8, 4) is 0 Å². The van der Waals surface area contributed by atoms with Gasteiger partial charge in [-0.3, -0.25) is 4.98 Å². The summed E-state index contributed by atoms with van der Waals surface area (Å²) < 4.78 is 1.33. The lowest BCUT2D eigenvalue weighted by molar-refractivity contribution is 0.709. The molecule has 2 heterocycles. The number of rotatable bonds is 4. The minimum absolute atomic E-state index is 0.166. The predicted octanol–water partition coefficient (Wildman–Crippen LogP) is 4.25. The molecule has 0 aliphatic heterocycles. The summed E-state index contributed by atoms with van der Waals surface area (Å²) in [7, 11) is 0. The van der Waals surface area contributed by atoms with Crippen LogP contribution in [0.1, 0.15) is 29.8 Å². The average molecular weight is 301 g/mol. The quantitative estimate of drug-likeness (QED) is 0.916. The summed E-state index contributed by atoms with van der Waals surface area (Å²) in [6.07, 6.45) is 3.55. The first-order valence-corrected chi connectivity index (χ1v) is 7.31. The van der Waals surface area contributed by atoms with Gasteiger partial charge in [0.2, 0.25) is 0 Å². The Morgan fingerprint density at radius 1 is 1.39 bits per heavy atom. The Balaban J connectivity index is 2.10. The molecule has 0 spiro atoms. The standard InChI is InChI=1S/C13H14Cl2N2S/c1-2-8-3-4-9(17-7-8)5-11(16)10-6-12(14)18-13(10)15/h3-4,6-7,11H,2,5,16H2,1H3. The number of halogens is 2. The van der Waals surface area contributed by atoms with Crippen LogP contribution in [0.4, 0.5) is 0 Å². The molecule has 5 heteroatoms. The monoisotopic (exact) mass is 300 g/mol. The van der Waals surface area contributed by atoms with E-state index in [1.807, 2.05) is 18.3 Å². The van der Waals surface area contributed by atoms with Crippen LogP contribution in [-0.2, 0) is 12.8 Å². The van der Waals surface area contributed by atoms with Gasteiger partial charge in [-0.05, 0) is 24.1 Å². The highest BCUT2D eigenvalue weighted by atomic mass is 35.5. The molecule has 0 fully saturated rings. The third-order valence-corrected chi connectivity index (χ3v) is 4.32. The van der Waals surface area contributed by atoms with E-state index in [4.69, 9.17) is 28.9 Å². The molecule has 1 unspecified atom stereocenters. The first-order valence-electron chi connectivity index (χ1n) is 5.74. The van der Waals surface area contributed by atoms with Gasteiger partial charge in [-0.2, -0.15) is 0 Å². The second-order valence-electron chi connectivity index (χ2n) is 4.10. The van der Waals surface area contributed by atoms with Crippen molar-refractivity contribution in [1.82, 2.24) is 4.98 Å². The maximum Gasteiger partial charge on any atom is 0.0992 e. The van der Waals surface area contributed by atoms with Crippen LogP contribution in [-0.4, -0.2) is 4.98 Å². The predicted molar refractivity (Wildman–Crippen MR) is 78.6 cm³/mol. The first-order chi connectivity index (χ1) is 8.60. The van der Waals surface area contributed by atoms with Crippen molar-refractivity contribution in [2.75, 3.05) is 0 Å². The number of thiophene rings is 1. The highest BCUT2D eigenvalue weighted by Crippen LogP contribution is 2.35. The largest absolute Gasteiger partial charge is 0.324 e. The van der Waals surface area contributed by atoms with Gasteiger partial charge in [0.05, 0.1) is 8.67 Å². The van der Waals surface area contributed by atoms with Gasteiger partial charge in [-0.15, -0.1) is 11.3 Å². The zero-order valence-electron chi connectivity index (χ0n) is 9.99. The van der Waals surface area contributed by atoms with Crippen LogP contribution in [0.3, 0.4) is 0 Å². The Kier molecular flexibility index (Phi) is 4.62. The number of pyridine rings is 1. The Morgan fingerprint density at radius 3 is 2.67 bits per heavy atom. The van der Waals surface area contributed by atoms with Crippen molar-refractivity contribution in [3.63, 3.8) is 0 Å². The van der Waals surface area contributed by atoms with Gasteiger partial charge >= 0.3 is 0 Å². The van der Waals surface area contributed by atoms with E-state index in [2.05, 4.69) is 18.0 Å². The maximum absolute atomic E-state index is 6.14. The molecule has 0 radical (unpaired) electrons. The Labute approximate surface area is 121 Å². The third kappa shape index (κ3) is 3.23. The van der Waals surface area contributed by atoms with Gasteiger partial charge < -0.3 is 5.73 Å². The van der Waals surface area contributed by atoms with Gasteiger partial charge in [0.15, 0.2) is 0 Å². The minimum Gasteiger partial charge on any atom is -0.324 e. The summed E-state index contributed by atoms with van der Waals surface area (Å²) in [6, 6.07) is 5.76. The number of aromatic nitrogens is 1. The Bertz CT molecular complexity index is 522. The van der Waals surface area contributed by atoms with Gasteiger partial charge in [-0.25, -0.2) is 0 Å². The number of aryl methyl sites for hydroxylation is 1. The van der Waals surface area contributed by atoms with Crippen LogP contribution in [0.15, 0.2) is 24.4 Å². The van der Waals surface area contributed by atoms with Crippen molar-refractivity contribution >= 4 is 34.5 Å². The van der Waals surface area contributed by atoms with Crippen LogP contribution in [0.2, 0.25) is 8.67 Å². The van der Waals surface area contributed by atoms with Crippen molar-refractivity contribution in [1.29, 1.82) is 0 Å². The molecule has 0 bridgehead atoms. The van der Waals surface area contributed by atoms with E-state index >= 15 is 0 Å². The molecule has 1 atom stereocenters. The summed E-state index contributed by atoms with van der Waals surface area (Å²) in [5.74, 6) is 0. The van der Waals surface area contributed by atoms with E-state index in [9.17, 15) is 0 Å². The van der Waals surface area contributed by atoms with Gasteiger partial charge in [0.25, 0.3) is 0 Å². The second kappa shape index (κ2) is 6.02. The van der Waals surface area contributed by atoms with Gasteiger partial charge in [0.1, 0.15) is 0 Å². The number of hydrogen-bond acceptors (Lipinski definition) is 3. The lowest BCUT2D eigenvalue weighted by atomic mass is 10.1. The maximum atomic E-state index is 6.14. The van der Waals surface area contributed by atoms with Crippen LogP contribution in [0.25, 0.3) is 0 Å². The molecule has 2 aromatic rings. The summed E-state index contributed by atoms with van der Waals surface area (Å²) in [6.45, 7) is 2.11. The van der Waals surface area contributed by atoms with E-state index in [1.54, 1.807) is 0 Å². The molecule has 18 heavy (non-hydrogen) atoms. The third-order valence-electron chi connectivity index (χ3n) is 2.81. The van der Waals surface area contributed by atoms with Crippen LogP contribution >= 0.6 is 34.5 Å². The number of hydrogen-bond donors (Lipinski definition) is 1. The number of nitrogens with zero attached hydrogens (tertiary/aromatic N) is 1. The average Bonchev–Trinajstić information content (AvgIpc) is 2.69. The molecule has 0 amide bonds. The molecule has 0 aromatic carbocycles. The molecule has 2 N–H and O–H groups in total. The normalized spacial score (nSPS) is 12.7. The van der Waals surface area contributed by atoms with Crippen molar-refractivity contribution < 1.29 is 0 Å². The Morgan fingerprint density at radius 2 is 2.17 bits per heavy atom. The topological polar surface area (TPSA) is 38.9 Å². The fourth-order valence-electron chi connectivity index (χ4n) is 1.73. The van der Waals surface area contributed by atoms with E-state index in [-0.39, 0.29) is 6.04 Å². The van der Waals surface area contributed by atoms with Gasteiger partial charge in [0, 0.05) is 29.9 Å². The lowest BCUT2D eigenvalue weighted by Crippen LogP contribution is -2.13. The van der Waals surface area contributed by atoms with Crippen LogP contribution in [0, 0.1) is 0 Å². The lowest BCUT2D eigenvalue weighted by Gasteiger charge is -2.10. The van der Waals surface area contributed by atoms with E-state index < -0.39 is 0 Å². The van der Waals surface area contributed by atoms with Crippen LogP contribution < -0.4 is 5.73 Å². The SMILES string of the molecule is CCc1ccc(CC(N)c2cc(Cl)sc2Cl)nc1. The van der Waals surface area contributed by atoms with E-state index in [1.165, 1.54) is 16.9 Å². The summed E-state index contributed by atoms with van der Waals surface area (Å²) in [5, 5.41) is 0. The van der Waals surface area contributed by atoms with E-state index in [0.717, 1.165) is 17.7 Å². The fraction of sp³-hybridized carbons (Fsp3) is 0.308. The molecule has 96 valence electrons. The fourth-order valence-corrected chi connectivity index (χ4v) is 3.32. The molecule has 2 nitrogen and oxygen atoms in total. The summed E-state index contributed by atoms with van der Waals surface area (Å²) in [4.78, 5) is 4.40. The van der Waals surface area contributed by atoms with Gasteiger partial charge in [-0.1, -0.05) is 36.2 Å². The summed E-state index contributed by atoms with van der Waals surface area (Å²) in [5.41, 5.74) is 9.23. The molecule has 2 aromatic heterocycles. The highest BCUT2D eigenvalue weighted by Gasteiger charge is 2.14. The highest BCUT2D eigenvalue weighted by molar-refractivity contribution is 7.20.